The fourth-order valence-electron chi connectivity index (χ4n) is 2.69. The highest BCUT2D eigenvalue weighted by atomic mass is 32.2. The normalized spacial score (nSPS) is 20.9. The zero-order valence-corrected chi connectivity index (χ0v) is 13.7. The SMILES string of the molecule is O=C(C[C@H]1SC(N2CCCCC2)=NC1=O)Nc1ccc(F)cc1F. The summed E-state index contributed by atoms with van der Waals surface area (Å²) in [5.74, 6) is -2.40. The second kappa shape index (κ2) is 7.29. The van der Waals surface area contributed by atoms with Crippen molar-refractivity contribution in [1.29, 1.82) is 0 Å². The largest absolute Gasteiger partial charge is 0.351 e. The maximum Gasteiger partial charge on any atom is 0.262 e. The van der Waals surface area contributed by atoms with Crippen LogP contribution in [0, 0.1) is 11.6 Å². The van der Waals surface area contributed by atoms with E-state index in [2.05, 4.69) is 15.2 Å². The molecule has 1 saturated heterocycles. The molecule has 0 aliphatic carbocycles. The van der Waals surface area contributed by atoms with E-state index in [1.807, 2.05) is 0 Å². The lowest BCUT2D eigenvalue weighted by atomic mass is 10.1. The van der Waals surface area contributed by atoms with Gasteiger partial charge in [0.1, 0.15) is 16.9 Å². The van der Waals surface area contributed by atoms with Gasteiger partial charge in [0, 0.05) is 25.6 Å². The van der Waals surface area contributed by atoms with Crippen LogP contribution in [0.1, 0.15) is 25.7 Å². The number of piperidine rings is 1. The average Bonchev–Trinajstić information content (AvgIpc) is 2.92. The number of nitrogens with zero attached hydrogens (tertiary/aromatic N) is 2. The maximum atomic E-state index is 13.5. The molecule has 1 atom stereocenters. The second-order valence-electron chi connectivity index (χ2n) is 5.76. The third kappa shape index (κ3) is 3.92. The van der Waals surface area contributed by atoms with Gasteiger partial charge < -0.3 is 10.2 Å². The number of benzene rings is 1. The van der Waals surface area contributed by atoms with Crippen molar-refractivity contribution < 1.29 is 18.4 Å². The Bertz CT molecular complexity index is 690. The lowest BCUT2D eigenvalue weighted by Gasteiger charge is -2.27. The molecule has 5 nitrogen and oxygen atoms in total. The van der Waals surface area contributed by atoms with Gasteiger partial charge in [-0.15, -0.1) is 0 Å². The number of nitrogens with one attached hydrogen (secondary N) is 1. The molecule has 3 rings (SSSR count). The van der Waals surface area contributed by atoms with Gasteiger partial charge in [0.2, 0.25) is 5.91 Å². The van der Waals surface area contributed by atoms with E-state index in [4.69, 9.17) is 0 Å². The molecule has 2 aliphatic rings. The van der Waals surface area contributed by atoms with Crippen molar-refractivity contribution in [2.24, 2.45) is 4.99 Å². The molecular weight excluding hydrogens is 336 g/mol. The third-order valence-electron chi connectivity index (χ3n) is 3.93. The number of halogens is 2. The minimum absolute atomic E-state index is 0.0961. The molecule has 24 heavy (non-hydrogen) atoms. The quantitative estimate of drug-likeness (QED) is 0.908. The summed E-state index contributed by atoms with van der Waals surface area (Å²) in [6, 6.07) is 2.91. The molecule has 0 bridgehead atoms. The second-order valence-corrected chi connectivity index (χ2v) is 6.93. The van der Waals surface area contributed by atoms with Crippen molar-refractivity contribution in [2.45, 2.75) is 30.9 Å². The average molecular weight is 353 g/mol. The predicted octanol–water partition coefficient (Wildman–Crippen LogP) is 2.78. The summed E-state index contributed by atoms with van der Waals surface area (Å²) in [5, 5.41) is 2.45. The van der Waals surface area contributed by atoms with Crippen molar-refractivity contribution in [3.8, 4) is 0 Å². The molecule has 2 amide bonds. The lowest BCUT2D eigenvalue weighted by Crippen LogP contribution is -2.33. The number of amides is 2. The van der Waals surface area contributed by atoms with E-state index in [9.17, 15) is 18.4 Å². The van der Waals surface area contributed by atoms with Crippen LogP contribution in [0.3, 0.4) is 0 Å². The topological polar surface area (TPSA) is 61.8 Å². The summed E-state index contributed by atoms with van der Waals surface area (Å²) >= 11 is 1.28. The molecule has 0 saturated carbocycles. The Labute approximate surface area is 142 Å². The van der Waals surface area contributed by atoms with E-state index < -0.39 is 22.8 Å². The Morgan fingerprint density at radius 1 is 1.29 bits per heavy atom. The van der Waals surface area contributed by atoms with Gasteiger partial charge in [0.25, 0.3) is 5.91 Å². The molecule has 0 aromatic heterocycles. The van der Waals surface area contributed by atoms with Crippen LogP contribution >= 0.6 is 11.8 Å². The van der Waals surface area contributed by atoms with Crippen LogP contribution in [-0.2, 0) is 9.59 Å². The van der Waals surface area contributed by atoms with Crippen LogP contribution in [-0.4, -0.2) is 40.2 Å². The van der Waals surface area contributed by atoms with Gasteiger partial charge in [-0.05, 0) is 31.4 Å². The summed E-state index contributed by atoms with van der Waals surface area (Å²) in [6.45, 7) is 1.75. The highest BCUT2D eigenvalue weighted by molar-refractivity contribution is 8.15. The molecule has 1 aromatic rings. The molecule has 1 fully saturated rings. The Hall–Kier alpha value is -1.96. The molecular formula is C16H17F2N3O2S. The van der Waals surface area contributed by atoms with Crippen LogP contribution in [0.4, 0.5) is 14.5 Å². The van der Waals surface area contributed by atoms with Crippen LogP contribution < -0.4 is 5.32 Å². The number of rotatable bonds is 3. The van der Waals surface area contributed by atoms with Crippen molar-refractivity contribution in [1.82, 2.24) is 4.90 Å². The van der Waals surface area contributed by atoms with Crippen LogP contribution in [0.5, 0.6) is 0 Å². The highest BCUT2D eigenvalue weighted by Crippen LogP contribution is 2.29. The zero-order chi connectivity index (χ0) is 17.1. The molecule has 2 heterocycles. The van der Waals surface area contributed by atoms with E-state index in [0.29, 0.717) is 11.2 Å². The number of hydrogen-bond acceptors (Lipinski definition) is 4. The highest BCUT2D eigenvalue weighted by Gasteiger charge is 2.33. The van der Waals surface area contributed by atoms with E-state index in [0.717, 1.165) is 38.1 Å². The van der Waals surface area contributed by atoms with Gasteiger partial charge >= 0.3 is 0 Å². The molecule has 0 unspecified atom stereocenters. The number of carbonyl (C=O) groups excluding carboxylic acids is 2. The number of thioether (sulfide) groups is 1. The molecule has 2 aliphatic heterocycles. The number of anilines is 1. The van der Waals surface area contributed by atoms with Crippen molar-refractivity contribution in [3.05, 3.63) is 29.8 Å². The first-order valence-corrected chi connectivity index (χ1v) is 8.70. The maximum absolute atomic E-state index is 13.5. The fraction of sp³-hybridized carbons (Fsp3) is 0.438. The Kier molecular flexibility index (Phi) is 5.13. The first-order valence-electron chi connectivity index (χ1n) is 7.82. The first-order chi connectivity index (χ1) is 11.5. The van der Waals surface area contributed by atoms with Crippen LogP contribution in [0.25, 0.3) is 0 Å². The summed E-state index contributed by atoms with van der Waals surface area (Å²) in [7, 11) is 0. The summed E-state index contributed by atoms with van der Waals surface area (Å²) in [4.78, 5) is 30.1. The Morgan fingerprint density at radius 2 is 2.04 bits per heavy atom. The van der Waals surface area contributed by atoms with E-state index in [1.165, 1.54) is 18.2 Å². The van der Waals surface area contributed by atoms with Gasteiger partial charge in [-0.3, -0.25) is 9.59 Å². The Balaban J connectivity index is 1.56. The third-order valence-corrected chi connectivity index (χ3v) is 5.14. The lowest BCUT2D eigenvalue weighted by molar-refractivity contribution is -0.121. The van der Waals surface area contributed by atoms with Crippen LogP contribution in [0.15, 0.2) is 23.2 Å². The van der Waals surface area contributed by atoms with Crippen molar-refractivity contribution in [3.63, 3.8) is 0 Å². The number of likely N-dealkylation sites (tertiary alicyclic amines) is 1. The van der Waals surface area contributed by atoms with Gasteiger partial charge in [0.05, 0.1) is 5.69 Å². The summed E-state index contributed by atoms with van der Waals surface area (Å²) < 4.78 is 26.4. The van der Waals surface area contributed by atoms with Crippen LogP contribution in [0.2, 0.25) is 0 Å². The van der Waals surface area contributed by atoms with Gasteiger partial charge in [-0.2, -0.15) is 4.99 Å². The van der Waals surface area contributed by atoms with Gasteiger partial charge in [-0.1, -0.05) is 11.8 Å². The van der Waals surface area contributed by atoms with Gasteiger partial charge in [0.15, 0.2) is 5.17 Å². The Morgan fingerprint density at radius 3 is 2.75 bits per heavy atom. The number of amidine groups is 1. The van der Waals surface area contributed by atoms with E-state index in [-0.39, 0.29) is 18.0 Å². The number of aliphatic imine (C=N–C) groups is 1. The summed E-state index contributed by atoms with van der Waals surface area (Å²) in [6.07, 6.45) is 3.23. The van der Waals surface area contributed by atoms with Crippen molar-refractivity contribution in [2.75, 3.05) is 18.4 Å². The fourth-order valence-corrected chi connectivity index (χ4v) is 3.81. The molecule has 0 radical (unpaired) electrons. The number of hydrogen-bond donors (Lipinski definition) is 1. The molecule has 1 aromatic carbocycles. The van der Waals surface area contributed by atoms with Gasteiger partial charge in [-0.25, -0.2) is 8.78 Å². The van der Waals surface area contributed by atoms with E-state index >= 15 is 0 Å². The van der Waals surface area contributed by atoms with E-state index in [1.54, 1.807) is 0 Å². The predicted molar refractivity (Wildman–Crippen MR) is 88.8 cm³/mol. The standard InChI is InChI=1S/C16H17F2N3O2S/c17-10-4-5-12(11(18)8-10)19-14(22)9-13-15(23)20-16(24-13)21-6-2-1-3-7-21/h4-5,8,13H,1-3,6-7,9H2,(H,19,22)/t13-/m1/s1. The van der Waals surface area contributed by atoms with Crippen molar-refractivity contribution >= 4 is 34.4 Å². The minimum Gasteiger partial charge on any atom is -0.351 e. The monoisotopic (exact) mass is 353 g/mol. The minimum atomic E-state index is -0.848. The zero-order valence-electron chi connectivity index (χ0n) is 12.9. The summed E-state index contributed by atoms with van der Waals surface area (Å²) in [5.41, 5.74) is -0.103. The molecule has 128 valence electrons. The molecule has 1 N–H and O–H groups in total. The molecule has 0 spiro atoms. The first kappa shape index (κ1) is 16.9. The number of carbonyl (C=O) groups is 2. The smallest absolute Gasteiger partial charge is 0.262 e. The molecule has 8 heteroatoms.